The van der Waals surface area contributed by atoms with E-state index in [4.69, 9.17) is 9.15 Å². The molecule has 0 saturated heterocycles. The molecule has 2 rings (SSSR count). The van der Waals surface area contributed by atoms with Crippen LogP contribution in [0.4, 0.5) is 0 Å². The van der Waals surface area contributed by atoms with Crippen molar-refractivity contribution >= 4 is 11.3 Å². The van der Waals surface area contributed by atoms with Crippen LogP contribution in [0.5, 0.6) is 0 Å². The zero-order valence-corrected chi connectivity index (χ0v) is 12.5. The second kappa shape index (κ2) is 6.37. The summed E-state index contributed by atoms with van der Waals surface area (Å²) < 4.78 is 11.2. The summed E-state index contributed by atoms with van der Waals surface area (Å²) in [5.41, 5.74) is 1.27. The highest BCUT2D eigenvalue weighted by Crippen LogP contribution is 2.15. The van der Waals surface area contributed by atoms with Crippen molar-refractivity contribution < 1.29 is 9.15 Å². The van der Waals surface area contributed by atoms with Crippen molar-refractivity contribution in [2.24, 2.45) is 0 Å². The van der Waals surface area contributed by atoms with Crippen molar-refractivity contribution in [3.05, 3.63) is 46.0 Å². The summed E-state index contributed by atoms with van der Waals surface area (Å²) in [5, 5.41) is 5.51. The third-order valence-corrected chi connectivity index (χ3v) is 3.55. The highest BCUT2D eigenvalue weighted by Gasteiger charge is 2.12. The van der Waals surface area contributed by atoms with Crippen molar-refractivity contribution in [3.8, 4) is 0 Å². The fourth-order valence-electron chi connectivity index (χ4n) is 1.65. The molecule has 0 radical (unpaired) electrons. The van der Waals surface area contributed by atoms with Gasteiger partial charge in [0.25, 0.3) is 0 Å². The Balaban J connectivity index is 1.82. The molecule has 0 bridgehead atoms. The summed E-state index contributed by atoms with van der Waals surface area (Å²) in [6.07, 6.45) is 1.73. The predicted molar refractivity (Wildman–Crippen MR) is 78.1 cm³/mol. The molecule has 0 aliphatic rings. The minimum Gasteiger partial charge on any atom is -0.467 e. The summed E-state index contributed by atoms with van der Waals surface area (Å²) >= 11 is 1.71. The van der Waals surface area contributed by atoms with E-state index >= 15 is 0 Å². The Morgan fingerprint density at radius 3 is 2.79 bits per heavy atom. The van der Waals surface area contributed by atoms with E-state index < -0.39 is 0 Å². The van der Waals surface area contributed by atoms with Gasteiger partial charge in [0.15, 0.2) is 0 Å². The number of ether oxygens (including phenoxy) is 1. The van der Waals surface area contributed by atoms with Crippen LogP contribution in [0.1, 0.15) is 37.0 Å². The minimum absolute atomic E-state index is 0.104. The molecule has 0 aromatic carbocycles. The van der Waals surface area contributed by atoms with E-state index in [0.29, 0.717) is 13.2 Å². The third kappa shape index (κ3) is 4.82. The van der Waals surface area contributed by atoms with Gasteiger partial charge in [-0.1, -0.05) is 6.07 Å². The van der Waals surface area contributed by atoms with Crippen molar-refractivity contribution in [1.82, 2.24) is 5.32 Å². The molecule has 1 N–H and O–H groups in total. The van der Waals surface area contributed by atoms with Crippen molar-refractivity contribution in [2.45, 2.75) is 46.1 Å². The van der Waals surface area contributed by atoms with Gasteiger partial charge in [0.1, 0.15) is 12.4 Å². The number of nitrogens with one attached hydrogen (secondary N) is 1. The lowest BCUT2D eigenvalue weighted by Gasteiger charge is -2.20. The molecule has 0 aliphatic carbocycles. The first kappa shape index (κ1) is 14.3. The highest BCUT2D eigenvalue weighted by atomic mass is 32.1. The van der Waals surface area contributed by atoms with Gasteiger partial charge >= 0.3 is 0 Å². The molecule has 4 heteroatoms. The monoisotopic (exact) mass is 279 g/mol. The van der Waals surface area contributed by atoms with Crippen LogP contribution in [-0.2, 0) is 24.5 Å². The van der Waals surface area contributed by atoms with Gasteiger partial charge in [0.05, 0.1) is 12.9 Å². The summed E-state index contributed by atoms with van der Waals surface area (Å²) in [5.74, 6) is 0.910. The molecule has 19 heavy (non-hydrogen) atoms. The molecule has 0 fully saturated rings. The van der Waals surface area contributed by atoms with E-state index in [2.05, 4.69) is 37.5 Å². The molecule has 104 valence electrons. The van der Waals surface area contributed by atoms with Gasteiger partial charge in [-0.05, 0) is 38.3 Å². The van der Waals surface area contributed by atoms with Crippen LogP contribution in [0.25, 0.3) is 0 Å². The van der Waals surface area contributed by atoms with Gasteiger partial charge in [-0.15, -0.1) is 11.3 Å². The summed E-state index contributed by atoms with van der Waals surface area (Å²) in [7, 11) is 0. The van der Waals surface area contributed by atoms with E-state index in [-0.39, 0.29) is 5.54 Å². The Morgan fingerprint density at radius 2 is 2.11 bits per heavy atom. The SMILES string of the molecule is CC(C)(C)NCc1ccoc1COCc1cccs1. The second-order valence-electron chi connectivity index (χ2n) is 5.54. The van der Waals surface area contributed by atoms with E-state index in [9.17, 15) is 0 Å². The first-order valence-electron chi connectivity index (χ1n) is 6.45. The van der Waals surface area contributed by atoms with Crippen molar-refractivity contribution in [3.63, 3.8) is 0 Å². The molecular weight excluding hydrogens is 258 g/mol. The van der Waals surface area contributed by atoms with Gasteiger partial charge in [0.2, 0.25) is 0 Å². The average molecular weight is 279 g/mol. The van der Waals surface area contributed by atoms with Gasteiger partial charge < -0.3 is 14.5 Å². The molecule has 2 aromatic heterocycles. The van der Waals surface area contributed by atoms with Gasteiger partial charge in [0, 0.05) is 22.5 Å². The van der Waals surface area contributed by atoms with Gasteiger partial charge in [-0.3, -0.25) is 0 Å². The van der Waals surface area contributed by atoms with Crippen LogP contribution in [0.15, 0.2) is 34.3 Å². The molecule has 0 spiro atoms. The Bertz CT molecular complexity index is 482. The predicted octanol–water partition coefficient (Wildman–Crippen LogP) is 3.95. The molecule has 0 saturated carbocycles. The van der Waals surface area contributed by atoms with Gasteiger partial charge in [-0.25, -0.2) is 0 Å². The minimum atomic E-state index is 0.104. The molecular formula is C15H21NO2S. The van der Waals surface area contributed by atoms with E-state index in [1.54, 1.807) is 17.6 Å². The van der Waals surface area contributed by atoms with Crippen LogP contribution >= 0.6 is 11.3 Å². The lowest BCUT2D eigenvalue weighted by molar-refractivity contribution is 0.0939. The van der Waals surface area contributed by atoms with Crippen LogP contribution in [0.3, 0.4) is 0 Å². The number of thiophene rings is 1. The number of hydrogen-bond acceptors (Lipinski definition) is 4. The van der Waals surface area contributed by atoms with Crippen LogP contribution < -0.4 is 5.32 Å². The smallest absolute Gasteiger partial charge is 0.133 e. The topological polar surface area (TPSA) is 34.4 Å². The quantitative estimate of drug-likeness (QED) is 0.869. The van der Waals surface area contributed by atoms with Crippen molar-refractivity contribution in [1.29, 1.82) is 0 Å². The first-order valence-corrected chi connectivity index (χ1v) is 7.33. The summed E-state index contributed by atoms with van der Waals surface area (Å²) in [4.78, 5) is 1.24. The standard InChI is InChI=1S/C15H21NO2S/c1-15(2,3)16-9-12-6-7-18-14(12)11-17-10-13-5-4-8-19-13/h4-8,16H,9-11H2,1-3H3. The highest BCUT2D eigenvalue weighted by molar-refractivity contribution is 7.09. The Morgan fingerprint density at radius 1 is 1.26 bits per heavy atom. The van der Waals surface area contributed by atoms with E-state index in [1.807, 2.05) is 12.1 Å². The van der Waals surface area contributed by atoms with Crippen LogP contribution in [0.2, 0.25) is 0 Å². The molecule has 3 nitrogen and oxygen atoms in total. The summed E-state index contributed by atoms with van der Waals surface area (Å²) in [6, 6.07) is 6.12. The Hall–Kier alpha value is -1.10. The molecule has 0 amide bonds. The fraction of sp³-hybridized carbons (Fsp3) is 0.467. The fourth-order valence-corrected chi connectivity index (χ4v) is 2.29. The van der Waals surface area contributed by atoms with E-state index in [1.165, 1.54) is 10.4 Å². The zero-order chi connectivity index (χ0) is 13.7. The molecule has 0 unspecified atom stereocenters. The van der Waals surface area contributed by atoms with Gasteiger partial charge in [-0.2, -0.15) is 0 Å². The maximum Gasteiger partial charge on any atom is 0.133 e. The summed E-state index contributed by atoms with van der Waals surface area (Å²) in [6.45, 7) is 8.43. The lowest BCUT2D eigenvalue weighted by Crippen LogP contribution is -2.35. The van der Waals surface area contributed by atoms with Crippen LogP contribution in [-0.4, -0.2) is 5.54 Å². The Kier molecular flexibility index (Phi) is 4.80. The second-order valence-corrected chi connectivity index (χ2v) is 6.58. The largest absolute Gasteiger partial charge is 0.467 e. The maximum atomic E-state index is 5.68. The molecule has 2 aromatic rings. The molecule has 0 atom stereocenters. The van der Waals surface area contributed by atoms with E-state index in [0.717, 1.165) is 12.3 Å². The molecule has 0 aliphatic heterocycles. The number of rotatable bonds is 6. The average Bonchev–Trinajstić information content (AvgIpc) is 2.96. The number of hydrogen-bond donors (Lipinski definition) is 1. The van der Waals surface area contributed by atoms with Crippen molar-refractivity contribution in [2.75, 3.05) is 0 Å². The normalized spacial score (nSPS) is 11.9. The first-order chi connectivity index (χ1) is 9.04. The Labute approximate surface area is 118 Å². The maximum absolute atomic E-state index is 5.68. The third-order valence-electron chi connectivity index (χ3n) is 2.70. The van der Waals surface area contributed by atoms with Crippen LogP contribution in [0, 0.1) is 0 Å². The lowest BCUT2D eigenvalue weighted by atomic mass is 10.1. The zero-order valence-electron chi connectivity index (χ0n) is 11.7. The molecule has 2 heterocycles. The number of furan rings is 1.